The fourth-order valence-corrected chi connectivity index (χ4v) is 5.88. The highest BCUT2D eigenvalue weighted by atomic mass is 19.1. The number of piperidine rings is 1. The molecule has 1 aliphatic heterocycles. The van der Waals surface area contributed by atoms with Gasteiger partial charge in [-0.3, -0.25) is 4.79 Å². The molecule has 7 heteroatoms. The van der Waals surface area contributed by atoms with Gasteiger partial charge in [0.1, 0.15) is 11.6 Å². The molecule has 5 nitrogen and oxygen atoms in total. The van der Waals surface area contributed by atoms with Gasteiger partial charge in [0.15, 0.2) is 0 Å². The second-order valence-corrected chi connectivity index (χ2v) is 10.4. The van der Waals surface area contributed by atoms with Crippen LogP contribution in [0.1, 0.15) is 50.2 Å². The lowest BCUT2D eigenvalue weighted by Crippen LogP contribution is -2.49. The maximum Gasteiger partial charge on any atom is 0.217 e. The van der Waals surface area contributed by atoms with Crippen molar-refractivity contribution in [1.29, 1.82) is 0 Å². The van der Waals surface area contributed by atoms with Crippen LogP contribution in [-0.2, 0) is 16.8 Å². The summed E-state index contributed by atoms with van der Waals surface area (Å²) in [5.74, 6) is -0.816. The zero-order valence-electron chi connectivity index (χ0n) is 19.6. The lowest BCUT2D eigenvalue weighted by atomic mass is 9.99. The highest BCUT2D eigenvalue weighted by Gasteiger charge is 2.45. The summed E-state index contributed by atoms with van der Waals surface area (Å²) in [5, 5.41) is 17.2. The van der Waals surface area contributed by atoms with Crippen LogP contribution in [-0.4, -0.2) is 42.3 Å². The largest absolute Gasteiger partial charge is 0.390 e. The molecular weight excluding hydrogens is 436 g/mol. The van der Waals surface area contributed by atoms with E-state index in [0.29, 0.717) is 11.6 Å². The van der Waals surface area contributed by atoms with E-state index in [0.717, 1.165) is 31.4 Å². The first-order chi connectivity index (χ1) is 16.3. The number of nitrogens with one attached hydrogen (secondary N) is 2. The summed E-state index contributed by atoms with van der Waals surface area (Å²) in [6, 6.07) is 12.0. The zero-order valence-corrected chi connectivity index (χ0v) is 19.6. The van der Waals surface area contributed by atoms with Crippen molar-refractivity contribution in [3.05, 3.63) is 65.2 Å². The van der Waals surface area contributed by atoms with Crippen molar-refractivity contribution >= 4 is 11.6 Å². The maximum atomic E-state index is 13.6. The Balaban J connectivity index is 1.25. The molecule has 0 aromatic heterocycles. The fraction of sp³-hybridized carbons (Fsp3) is 0.519. The quantitative estimate of drug-likeness (QED) is 0.525. The Labute approximate surface area is 199 Å². The predicted molar refractivity (Wildman–Crippen MR) is 128 cm³/mol. The molecule has 3 N–H and O–H groups in total. The molecule has 3 aliphatic rings. The standard InChI is InChI=1S/C27H33F2N3O2/c1-17(33)31-25(12-19-9-21(28)14-22(29)10-19)26(34)15-30-27(7-8-27)20-3-2-4-23(13-20)32-16-18-5-6-24(32)11-18/h2-4,9-10,13-14,18,24-26,30,34H,5-8,11-12,15-16H2,1H3,(H,31,33)/t18-,24-,25?,26?/m1/s1. The fourth-order valence-electron chi connectivity index (χ4n) is 5.88. The first-order valence-corrected chi connectivity index (χ1v) is 12.3. The zero-order chi connectivity index (χ0) is 23.9. The normalized spacial score (nSPS) is 24.2. The van der Waals surface area contributed by atoms with Gasteiger partial charge in [0, 0.05) is 43.3 Å². The van der Waals surface area contributed by atoms with Crippen LogP contribution in [0, 0.1) is 17.6 Å². The summed E-state index contributed by atoms with van der Waals surface area (Å²) in [7, 11) is 0. The van der Waals surface area contributed by atoms with Crippen LogP contribution >= 0.6 is 0 Å². The van der Waals surface area contributed by atoms with Crippen LogP contribution in [0.15, 0.2) is 42.5 Å². The number of amides is 1. The van der Waals surface area contributed by atoms with E-state index in [1.54, 1.807) is 0 Å². The Kier molecular flexibility index (Phi) is 6.34. The van der Waals surface area contributed by atoms with Crippen LogP contribution in [0.4, 0.5) is 14.5 Å². The molecular formula is C27H33F2N3O2. The number of carbonyl (C=O) groups excluding carboxylic acids is 1. The highest BCUT2D eigenvalue weighted by Crippen LogP contribution is 2.47. The summed E-state index contributed by atoms with van der Waals surface area (Å²) >= 11 is 0. The number of fused-ring (bicyclic) bond motifs is 2. The number of hydrogen-bond acceptors (Lipinski definition) is 4. The van der Waals surface area contributed by atoms with E-state index in [1.165, 1.54) is 49.6 Å². The van der Waals surface area contributed by atoms with Crippen LogP contribution in [0.25, 0.3) is 0 Å². The van der Waals surface area contributed by atoms with Gasteiger partial charge in [-0.1, -0.05) is 12.1 Å². The molecule has 1 heterocycles. The van der Waals surface area contributed by atoms with Gasteiger partial charge in [-0.15, -0.1) is 0 Å². The third kappa shape index (κ3) is 4.96. The molecule has 0 spiro atoms. The van der Waals surface area contributed by atoms with E-state index in [9.17, 15) is 18.7 Å². The molecule has 2 aromatic carbocycles. The SMILES string of the molecule is CC(=O)NC(Cc1cc(F)cc(F)c1)C(O)CNC1(c2cccc(N3C[C@@H]4CC[C@@H]3C4)c2)CC1. The Morgan fingerprint density at radius 3 is 2.56 bits per heavy atom. The van der Waals surface area contributed by atoms with E-state index in [1.807, 2.05) is 0 Å². The molecule has 3 fully saturated rings. The minimum Gasteiger partial charge on any atom is -0.390 e. The van der Waals surface area contributed by atoms with Crippen molar-refractivity contribution < 1.29 is 18.7 Å². The Morgan fingerprint density at radius 2 is 1.94 bits per heavy atom. The number of hydrogen-bond donors (Lipinski definition) is 3. The Bertz CT molecular complexity index is 1040. The number of rotatable bonds is 9. The van der Waals surface area contributed by atoms with Crippen molar-refractivity contribution in [3.63, 3.8) is 0 Å². The van der Waals surface area contributed by atoms with E-state index >= 15 is 0 Å². The Morgan fingerprint density at radius 1 is 1.18 bits per heavy atom. The van der Waals surface area contributed by atoms with Crippen molar-refractivity contribution in [2.45, 2.75) is 69.2 Å². The third-order valence-corrected chi connectivity index (χ3v) is 7.77. The van der Waals surface area contributed by atoms with Gasteiger partial charge in [0.25, 0.3) is 0 Å². The molecule has 5 rings (SSSR count). The number of aliphatic hydroxyl groups excluding tert-OH is 1. The minimum atomic E-state index is -0.912. The van der Waals surface area contributed by atoms with Gasteiger partial charge in [-0.25, -0.2) is 8.78 Å². The number of aliphatic hydroxyl groups is 1. The van der Waals surface area contributed by atoms with Gasteiger partial charge in [0.05, 0.1) is 12.1 Å². The van der Waals surface area contributed by atoms with Crippen LogP contribution in [0.3, 0.4) is 0 Å². The molecule has 2 aliphatic carbocycles. The molecule has 2 aromatic rings. The van der Waals surface area contributed by atoms with Crippen LogP contribution < -0.4 is 15.5 Å². The summed E-state index contributed by atoms with van der Waals surface area (Å²) in [4.78, 5) is 14.3. The molecule has 1 amide bonds. The van der Waals surface area contributed by atoms with E-state index < -0.39 is 23.8 Å². The molecule has 2 saturated carbocycles. The first-order valence-electron chi connectivity index (χ1n) is 12.3. The van der Waals surface area contributed by atoms with E-state index in [-0.39, 0.29) is 24.4 Å². The first kappa shape index (κ1) is 23.2. The monoisotopic (exact) mass is 469 g/mol. The molecule has 182 valence electrons. The lowest BCUT2D eigenvalue weighted by Gasteiger charge is -2.31. The molecule has 2 bridgehead atoms. The summed E-state index contributed by atoms with van der Waals surface area (Å²) in [6.45, 7) is 2.78. The second-order valence-electron chi connectivity index (χ2n) is 10.4. The summed E-state index contributed by atoms with van der Waals surface area (Å²) in [6.07, 6.45) is 5.12. The van der Waals surface area contributed by atoms with Crippen molar-refractivity contribution in [1.82, 2.24) is 10.6 Å². The number of benzene rings is 2. The lowest BCUT2D eigenvalue weighted by molar-refractivity contribution is -0.120. The number of anilines is 1. The average Bonchev–Trinajstić information content (AvgIpc) is 3.28. The maximum absolute atomic E-state index is 13.6. The highest BCUT2D eigenvalue weighted by molar-refractivity contribution is 5.73. The third-order valence-electron chi connectivity index (χ3n) is 7.77. The molecule has 34 heavy (non-hydrogen) atoms. The average molecular weight is 470 g/mol. The van der Waals surface area contributed by atoms with Crippen molar-refractivity contribution in [2.75, 3.05) is 18.0 Å². The molecule has 2 unspecified atom stereocenters. The topological polar surface area (TPSA) is 64.6 Å². The van der Waals surface area contributed by atoms with Crippen LogP contribution in [0.5, 0.6) is 0 Å². The van der Waals surface area contributed by atoms with E-state index in [2.05, 4.69) is 39.8 Å². The number of carbonyl (C=O) groups is 1. The smallest absolute Gasteiger partial charge is 0.217 e. The summed E-state index contributed by atoms with van der Waals surface area (Å²) < 4.78 is 27.3. The summed E-state index contributed by atoms with van der Waals surface area (Å²) in [5.41, 5.74) is 2.72. The second kappa shape index (κ2) is 9.27. The van der Waals surface area contributed by atoms with Gasteiger partial charge >= 0.3 is 0 Å². The number of nitrogens with zero attached hydrogens (tertiary/aromatic N) is 1. The number of halogens is 2. The van der Waals surface area contributed by atoms with Gasteiger partial charge < -0.3 is 20.6 Å². The Hall–Kier alpha value is -2.51. The predicted octanol–water partition coefficient (Wildman–Crippen LogP) is 3.64. The van der Waals surface area contributed by atoms with Gasteiger partial charge in [0.2, 0.25) is 5.91 Å². The van der Waals surface area contributed by atoms with Crippen molar-refractivity contribution in [2.24, 2.45) is 5.92 Å². The van der Waals surface area contributed by atoms with Gasteiger partial charge in [-0.2, -0.15) is 0 Å². The van der Waals surface area contributed by atoms with Crippen molar-refractivity contribution in [3.8, 4) is 0 Å². The molecule has 0 radical (unpaired) electrons. The van der Waals surface area contributed by atoms with Gasteiger partial charge in [-0.05, 0) is 79.8 Å². The minimum absolute atomic E-state index is 0.136. The van der Waals surface area contributed by atoms with Crippen LogP contribution in [0.2, 0.25) is 0 Å². The van der Waals surface area contributed by atoms with E-state index in [4.69, 9.17) is 0 Å². The molecule has 1 saturated heterocycles. The molecule has 4 atom stereocenters.